The van der Waals surface area contributed by atoms with E-state index >= 15 is 0 Å². The number of carbonyl (C=O) groups excluding carboxylic acids is 2. The van der Waals surface area contributed by atoms with Crippen molar-refractivity contribution in [3.8, 4) is 0 Å². The summed E-state index contributed by atoms with van der Waals surface area (Å²) in [6.07, 6.45) is 3.67. The van der Waals surface area contributed by atoms with Gasteiger partial charge in [-0.3, -0.25) is 8.42 Å². The maximum Gasteiger partial charge on any atom is 0.125 e. The predicted octanol–water partition coefficient (Wildman–Crippen LogP) is 2.10. The number of hydrogen-bond donors (Lipinski definition) is 0. The summed E-state index contributed by atoms with van der Waals surface area (Å²) in [6.45, 7) is 7.34. The fraction of sp³-hybridized carbons (Fsp3) is 0.867. The zero-order valence-corrected chi connectivity index (χ0v) is 15.2. The molecule has 0 heterocycles. The average Bonchev–Trinajstić information content (AvgIpc) is 2.43. The highest BCUT2D eigenvalue weighted by Crippen LogP contribution is 2.18. The van der Waals surface area contributed by atoms with Gasteiger partial charge >= 0.3 is 0 Å². The van der Waals surface area contributed by atoms with Gasteiger partial charge in [0.15, 0.2) is 0 Å². The zero-order chi connectivity index (χ0) is 16.5. The smallest absolute Gasteiger partial charge is 0.125 e. The van der Waals surface area contributed by atoms with Crippen LogP contribution in [0.1, 0.15) is 47.0 Å². The molecule has 0 bridgehead atoms. The summed E-state index contributed by atoms with van der Waals surface area (Å²) in [6, 6.07) is 0. The van der Waals surface area contributed by atoms with Crippen molar-refractivity contribution >= 4 is 34.2 Å². The first kappa shape index (κ1) is 20.6. The van der Waals surface area contributed by atoms with Gasteiger partial charge in [-0.15, -0.1) is 0 Å². The molecular weight excluding hydrogens is 308 g/mol. The summed E-state index contributed by atoms with van der Waals surface area (Å²) < 4.78 is 23.6. The monoisotopic (exact) mass is 336 g/mol. The second-order valence-electron chi connectivity index (χ2n) is 6.76. The molecule has 6 heteroatoms. The van der Waals surface area contributed by atoms with Crippen LogP contribution in [0.4, 0.5) is 0 Å². The molecule has 0 saturated heterocycles. The van der Waals surface area contributed by atoms with Crippen LogP contribution in [0.15, 0.2) is 0 Å². The molecule has 0 aromatic rings. The van der Waals surface area contributed by atoms with E-state index in [1.54, 1.807) is 0 Å². The fourth-order valence-corrected chi connectivity index (χ4v) is 4.49. The van der Waals surface area contributed by atoms with Gasteiger partial charge in [-0.05, 0) is 19.3 Å². The molecule has 0 amide bonds. The topological polar surface area (TPSA) is 68.3 Å². The summed E-state index contributed by atoms with van der Waals surface area (Å²) in [7, 11) is -1.91. The van der Waals surface area contributed by atoms with Crippen LogP contribution in [0.3, 0.4) is 0 Å². The fourth-order valence-electron chi connectivity index (χ4n) is 1.46. The minimum absolute atomic E-state index is 0.418. The highest BCUT2D eigenvalue weighted by Gasteiger charge is 2.19. The van der Waals surface area contributed by atoms with E-state index in [4.69, 9.17) is 0 Å². The number of rotatable bonds is 12. The molecule has 0 rings (SSSR count). The van der Waals surface area contributed by atoms with Gasteiger partial charge in [0.1, 0.15) is 12.6 Å². The number of aldehydes is 2. The van der Waals surface area contributed by atoms with Gasteiger partial charge in [0, 0.05) is 55.4 Å². The maximum absolute atomic E-state index is 11.8. The summed E-state index contributed by atoms with van der Waals surface area (Å²) >= 11 is 0. The summed E-state index contributed by atoms with van der Waals surface area (Å²) in [5, 5.41) is 0. The molecule has 0 aliphatic carbocycles. The first-order valence-corrected chi connectivity index (χ1v) is 10.2. The third kappa shape index (κ3) is 10.9. The van der Waals surface area contributed by atoms with Crippen molar-refractivity contribution in [2.45, 2.75) is 47.0 Å². The second-order valence-corrected chi connectivity index (χ2v) is 10.2. The zero-order valence-electron chi connectivity index (χ0n) is 13.6. The van der Waals surface area contributed by atoms with Crippen molar-refractivity contribution in [3.63, 3.8) is 0 Å². The van der Waals surface area contributed by atoms with Crippen molar-refractivity contribution in [2.24, 2.45) is 10.8 Å². The molecule has 124 valence electrons. The Bertz CT molecular complexity index is 353. The van der Waals surface area contributed by atoms with E-state index in [2.05, 4.69) is 0 Å². The van der Waals surface area contributed by atoms with Crippen molar-refractivity contribution in [2.75, 3.05) is 23.0 Å². The first-order chi connectivity index (χ1) is 9.62. The van der Waals surface area contributed by atoms with Crippen molar-refractivity contribution in [3.05, 3.63) is 0 Å². The van der Waals surface area contributed by atoms with Gasteiger partial charge in [-0.2, -0.15) is 0 Å². The van der Waals surface area contributed by atoms with Crippen LogP contribution in [0, 0.1) is 10.8 Å². The molecule has 0 radical (unpaired) electrons. The third-order valence-electron chi connectivity index (χ3n) is 3.33. The van der Waals surface area contributed by atoms with E-state index in [0.29, 0.717) is 42.3 Å². The van der Waals surface area contributed by atoms with E-state index in [1.807, 2.05) is 27.7 Å². The molecule has 0 aromatic heterocycles. The summed E-state index contributed by atoms with van der Waals surface area (Å²) in [5.41, 5.74) is -0.836. The molecule has 4 nitrogen and oxygen atoms in total. The molecule has 0 aromatic carbocycles. The molecule has 0 spiro atoms. The second kappa shape index (κ2) is 9.62. The van der Waals surface area contributed by atoms with Crippen molar-refractivity contribution < 1.29 is 18.0 Å². The van der Waals surface area contributed by atoms with E-state index < -0.39 is 32.4 Å². The van der Waals surface area contributed by atoms with Crippen LogP contribution < -0.4 is 0 Å². The Balaban J connectivity index is 3.84. The molecular formula is C15H28O4S2. The Morgan fingerprint density at radius 1 is 0.714 bits per heavy atom. The van der Waals surface area contributed by atoms with Gasteiger partial charge in [-0.25, -0.2) is 0 Å². The summed E-state index contributed by atoms with van der Waals surface area (Å²) in [5.74, 6) is 2.07. The Hall–Kier alpha value is -0.360. The lowest BCUT2D eigenvalue weighted by atomic mass is 9.93. The number of carbonyl (C=O) groups is 2. The predicted molar refractivity (Wildman–Crippen MR) is 89.3 cm³/mol. The Morgan fingerprint density at radius 3 is 1.33 bits per heavy atom. The minimum Gasteiger partial charge on any atom is -0.303 e. The van der Waals surface area contributed by atoms with Crippen LogP contribution >= 0.6 is 0 Å². The molecule has 0 aliphatic rings. The van der Waals surface area contributed by atoms with Gasteiger partial charge in [-0.1, -0.05) is 27.7 Å². The molecule has 2 atom stereocenters. The highest BCUT2D eigenvalue weighted by atomic mass is 32.2. The average molecular weight is 337 g/mol. The van der Waals surface area contributed by atoms with Crippen molar-refractivity contribution in [1.29, 1.82) is 0 Å². The van der Waals surface area contributed by atoms with Crippen molar-refractivity contribution in [1.82, 2.24) is 0 Å². The SMILES string of the molecule is CC(C)(C=O)CCS(=O)CCCS(=O)CCC(C)(C)C=O. The van der Waals surface area contributed by atoms with Gasteiger partial charge in [0.05, 0.1) is 0 Å². The lowest BCUT2D eigenvalue weighted by Gasteiger charge is -2.16. The van der Waals surface area contributed by atoms with Gasteiger partial charge in [0.25, 0.3) is 0 Å². The summed E-state index contributed by atoms with van der Waals surface area (Å²) in [4.78, 5) is 21.5. The van der Waals surface area contributed by atoms with Crippen LogP contribution in [-0.4, -0.2) is 44.0 Å². The van der Waals surface area contributed by atoms with E-state index in [-0.39, 0.29) is 0 Å². The van der Waals surface area contributed by atoms with Crippen LogP contribution in [0.25, 0.3) is 0 Å². The quantitative estimate of drug-likeness (QED) is 0.512. The third-order valence-corrected chi connectivity index (χ3v) is 6.14. The lowest BCUT2D eigenvalue weighted by molar-refractivity contribution is -0.115. The Morgan fingerprint density at radius 2 is 1.05 bits per heavy atom. The van der Waals surface area contributed by atoms with Gasteiger partial charge < -0.3 is 9.59 Å². The molecule has 21 heavy (non-hydrogen) atoms. The Kier molecular flexibility index (Phi) is 9.45. The van der Waals surface area contributed by atoms with Gasteiger partial charge in [0.2, 0.25) is 0 Å². The number of hydrogen-bond acceptors (Lipinski definition) is 4. The van der Waals surface area contributed by atoms with Crippen LogP contribution in [0.5, 0.6) is 0 Å². The van der Waals surface area contributed by atoms with E-state index in [1.165, 1.54) is 0 Å². The minimum atomic E-state index is -0.957. The lowest BCUT2D eigenvalue weighted by Crippen LogP contribution is -2.19. The van der Waals surface area contributed by atoms with E-state index in [9.17, 15) is 18.0 Å². The van der Waals surface area contributed by atoms with Crippen LogP contribution in [-0.2, 0) is 31.2 Å². The molecule has 2 unspecified atom stereocenters. The van der Waals surface area contributed by atoms with E-state index in [0.717, 1.165) is 12.6 Å². The molecule has 0 fully saturated rings. The molecule has 0 aliphatic heterocycles. The highest BCUT2D eigenvalue weighted by molar-refractivity contribution is 7.85. The first-order valence-electron chi connectivity index (χ1n) is 7.24. The molecule has 0 N–H and O–H groups in total. The largest absolute Gasteiger partial charge is 0.303 e. The normalized spacial score (nSPS) is 15.4. The molecule has 0 saturated carbocycles. The van der Waals surface area contributed by atoms with Crippen LogP contribution in [0.2, 0.25) is 0 Å². The maximum atomic E-state index is 11.8. The Labute approximate surface area is 133 Å². The standard InChI is InChI=1S/C15H28O4S2/c1-14(2,12-16)6-10-20(18)8-5-9-21(19)11-7-15(3,4)13-17/h12-13H,5-11H2,1-4H3.